The lowest BCUT2D eigenvalue weighted by atomic mass is 9.46. The summed E-state index contributed by atoms with van der Waals surface area (Å²) in [6, 6.07) is 6.58. The largest absolute Gasteiger partial charge is 0.355 e. The lowest BCUT2D eigenvalue weighted by Crippen LogP contribution is -2.51. The van der Waals surface area contributed by atoms with Crippen molar-refractivity contribution in [3.05, 3.63) is 47.0 Å². The number of ketones is 1. The number of hydrogen-bond donors (Lipinski definition) is 2. The highest BCUT2D eigenvalue weighted by Crippen LogP contribution is 2.66. The second-order valence-electron chi connectivity index (χ2n) is 12.0. The fourth-order valence-corrected chi connectivity index (χ4v) is 8.43. The van der Waals surface area contributed by atoms with Gasteiger partial charge in [0.15, 0.2) is 0 Å². The van der Waals surface area contributed by atoms with Gasteiger partial charge in [0.2, 0.25) is 0 Å². The molecule has 0 saturated heterocycles. The second-order valence-corrected chi connectivity index (χ2v) is 12.0. The van der Waals surface area contributed by atoms with Crippen LogP contribution in [-0.4, -0.2) is 30.4 Å². The van der Waals surface area contributed by atoms with E-state index in [1.807, 2.05) is 0 Å². The van der Waals surface area contributed by atoms with Crippen molar-refractivity contribution in [1.29, 1.82) is 0 Å². The molecule has 2 N–H and O–H groups in total. The maximum Gasteiger partial charge on any atom is 0.271 e. The molecule has 0 unspecified atom stereocenters. The molecule has 192 valence electrons. The van der Waals surface area contributed by atoms with E-state index in [-0.39, 0.29) is 28.6 Å². The number of hydrogen-bond acceptors (Lipinski definition) is 4. The van der Waals surface area contributed by atoms with Gasteiger partial charge in [-0.25, -0.2) is 5.43 Å². The van der Waals surface area contributed by atoms with Gasteiger partial charge in [0.25, 0.3) is 11.8 Å². The predicted molar refractivity (Wildman–Crippen MR) is 141 cm³/mol. The minimum Gasteiger partial charge on any atom is -0.355 e. The van der Waals surface area contributed by atoms with Crippen LogP contribution in [0.3, 0.4) is 0 Å². The van der Waals surface area contributed by atoms with Crippen LogP contribution in [0.2, 0.25) is 0 Å². The summed E-state index contributed by atoms with van der Waals surface area (Å²) in [6.45, 7) is 6.66. The molecule has 3 saturated carbocycles. The van der Waals surface area contributed by atoms with Gasteiger partial charge in [-0.05, 0) is 117 Å². The summed E-state index contributed by atoms with van der Waals surface area (Å²) >= 11 is 0. The Balaban J connectivity index is 1.28. The summed E-state index contributed by atoms with van der Waals surface area (Å²) in [5.41, 5.74) is 6.52. The predicted octanol–water partition coefficient (Wildman–Crippen LogP) is 5.30. The number of Topliss-reactive ketones (excluding diaryl/α,β-unsaturated/α-hetero) is 1. The van der Waals surface area contributed by atoms with E-state index in [2.05, 4.69) is 35.8 Å². The highest BCUT2D eigenvalue weighted by molar-refractivity contribution is 6.00. The molecule has 36 heavy (non-hydrogen) atoms. The minimum atomic E-state index is -0.269. The summed E-state index contributed by atoms with van der Waals surface area (Å²) in [5, 5.41) is 7.06. The number of carbonyl (C=O) groups is 3. The third kappa shape index (κ3) is 4.03. The summed E-state index contributed by atoms with van der Waals surface area (Å²) < 4.78 is 0. The van der Waals surface area contributed by atoms with Crippen molar-refractivity contribution in [3.8, 4) is 0 Å². The zero-order chi connectivity index (χ0) is 25.7. The van der Waals surface area contributed by atoms with E-state index in [1.54, 1.807) is 38.2 Å². The number of rotatable bonds is 4. The molecule has 2 amide bonds. The number of allylic oxidation sites excluding steroid dienone is 2. The van der Waals surface area contributed by atoms with Crippen molar-refractivity contribution in [2.45, 2.75) is 72.1 Å². The molecule has 0 bridgehead atoms. The summed E-state index contributed by atoms with van der Waals surface area (Å²) in [6.07, 6.45) is 11.1. The standard InChI is InChI=1S/C30H39N3O3/c1-18(34)24-11-12-25-23-10-9-21-17-22(13-15-29(21,2)26(23)14-16-30(24,25)3)32-33-28(36)20-7-5-19(6-8-20)27(35)31-4/h5-8,17,23-26H,9-16H2,1-4H3,(H,31,35)(H,33,36)/t23-,24+,25-,26-,29-,30+/m0/s1. The molecule has 1 aromatic carbocycles. The molecule has 0 aliphatic heterocycles. The van der Waals surface area contributed by atoms with Crippen molar-refractivity contribution in [2.75, 3.05) is 7.05 Å². The second kappa shape index (κ2) is 9.28. The average molecular weight is 490 g/mol. The lowest BCUT2D eigenvalue weighted by molar-refractivity contribution is -0.127. The van der Waals surface area contributed by atoms with E-state index in [0.29, 0.717) is 34.7 Å². The number of amides is 2. The minimum absolute atomic E-state index is 0.178. The molecule has 0 aromatic heterocycles. The van der Waals surface area contributed by atoms with Gasteiger partial charge >= 0.3 is 0 Å². The first-order valence-corrected chi connectivity index (χ1v) is 13.6. The maximum absolute atomic E-state index is 12.6. The highest BCUT2D eigenvalue weighted by atomic mass is 16.2. The normalized spacial score (nSPS) is 36.2. The van der Waals surface area contributed by atoms with Crippen molar-refractivity contribution in [2.24, 2.45) is 39.6 Å². The number of carbonyl (C=O) groups excluding carboxylic acids is 3. The third-order valence-corrected chi connectivity index (χ3v) is 10.4. The molecular formula is C30H39N3O3. The molecule has 0 heterocycles. The zero-order valence-electron chi connectivity index (χ0n) is 22.0. The van der Waals surface area contributed by atoms with Crippen LogP contribution < -0.4 is 10.7 Å². The van der Waals surface area contributed by atoms with E-state index in [4.69, 9.17) is 0 Å². The highest BCUT2D eigenvalue weighted by Gasteiger charge is 2.59. The first-order valence-electron chi connectivity index (χ1n) is 13.6. The van der Waals surface area contributed by atoms with Crippen LogP contribution in [0.1, 0.15) is 92.9 Å². The summed E-state index contributed by atoms with van der Waals surface area (Å²) in [7, 11) is 1.58. The molecule has 6 nitrogen and oxygen atoms in total. The smallest absolute Gasteiger partial charge is 0.271 e. The van der Waals surface area contributed by atoms with Gasteiger partial charge in [0, 0.05) is 24.1 Å². The van der Waals surface area contributed by atoms with Crippen molar-refractivity contribution < 1.29 is 14.4 Å². The average Bonchev–Trinajstić information content (AvgIpc) is 3.24. The lowest BCUT2D eigenvalue weighted by Gasteiger charge is -2.58. The van der Waals surface area contributed by atoms with Crippen LogP contribution in [0.4, 0.5) is 0 Å². The molecule has 0 spiro atoms. The molecule has 0 radical (unpaired) electrons. The van der Waals surface area contributed by atoms with Gasteiger partial charge in [-0.1, -0.05) is 19.4 Å². The molecule has 5 rings (SSSR count). The van der Waals surface area contributed by atoms with E-state index in [9.17, 15) is 14.4 Å². The van der Waals surface area contributed by atoms with Crippen LogP contribution in [0, 0.1) is 34.5 Å². The van der Waals surface area contributed by atoms with Crippen molar-refractivity contribution >= 4 is 23.3 Å². The fourth-order valence-electron chi connectivity index (χ4n) is 8.43. The first-order chi connectivity index (χ1) is 17.2. The van der Waals surface area contributed by atoms with Gasteiger partial charge < -0.3 is 5.32 Å². The summed E-state index contributed by atoms with van der Waals surface area (Å²) in [5.74, 6) is 2.26. The molecule has 6 atom stereocenters. The Morgan fingerprint density at radius 3 is 2.25 bits per heavy atom. The Labute approximate surface area is 214 Å². The van der Waals surface area contributed by atoms with Crippen LogP contribution in [0.5, 0.6) is 0 Å². The number of fused-ring (bicyclic) bond motifs is 5. The molecular weight excluding hydrogens is 450 g/mol. The molecule has 1 aromatic rings. The first kappa shape index (κ1) is 24.9. The van der Waals surface area contributed by atoms with Gasteiger partial charge in [0.1, 0.15) is 5.78 Å². The van der Waals surface area contributed by atoms with Gasteiger partial charge in [-0.15, -0.1) is 0 Å². The van der Waals surface area contributed by atoms with Gasteiger partial charge in [-0.3, -0.25) is 14.4 Å². The van der Waals surface area contributed by atoms with Gasteiger partial charge in [-0.2, -0.15) is 5.10 Å². The molecule has 4 aliphatic rings. The Hall–Kier alpha value is -2.76. The van der Waals surface area contributed by atoms with E-state index < -0.39 is 0 Å². The maximum atomic E-state index is 12.6. The molecule has 6 heteroatoms. The topological polar surface area (TPSA) is 87.6 Å². The van der Waals surface area contributed by atoms with Crippen LogP contribution >= 0.6 is 0 Å². The van der Waals surface area contributed by atoms with E-state index in [0.717, 1.165) is 31.4 Å². The Bertz CT molecular complexity index is 1140. The SMILES string of the molecule is CNC(=O)c1ccc(C(=O)NN=C2C=C3CC[C@H]4[C@@H]5CC[C@H](C(C)=O)[C@@]5(C)CC[C@@H]4[C@@]3(C)CC2)cc1. The fraction of sp³-hybridized carbons (Fsp3) is 0.600. The van der Waals surface area contributed by atoms with Crippen LogP contribution in [-0.2, 0) is 4.79 Å². The number of hydrazone groups is 1. The van der Waals surface area contributed by atoms with Crippen molar-refractivity contribution in [1.82, 2.24) is 10.7 Å². The van der Waals surface area contributed by atoms with Gasteiger partial charge in [0.05, 0.1) is 5.71 Å². The van der Waals surface area contributed by atoms with E-state index in [1.165, 1.54) is 31.3 Å². The molecule has 3 fully saturated rings. The zero-order valence-corrected chi connectivity index (χ0v) is 22.0. The summed E-state index contributed by atoms with van der Waals surface area (Å²) in [4.78, 5) is 36.7. The number of nitrogens with zero attached hydrogens (tertiary/aromatic N) is 1. The number of nitrogens with one attached hydrogen (secondary N) is 2. The Morgan fingerprint density at radius 1 is 0.889 bits per heavy atom. The van der Waals surface area contributed by atoms with Crippen LogP contribution in [0.25, 0.3) is 0 Å². The third-order valence-electron chi connectivity index (χ3n) is 10.4. The Morgan fingerprint density at radius 2 is 1.58 bits per heavy atom. The van der Waals surface area contributed by atoms with Crippen LogP contribution in [0.15, 0.2) is 41.0 Å². The quantitative estimate of drug-likeness (QED) is 0.563. The molecule has 4 aliphatic carbocycles. The van der Waals surface area contributed by atoms with E-state index >= 15 is 0 Å². The number of benzene rings is 1. The monoisotopic (exact) mass is 489 g/mol. The Kier molecular flexibility index (Phi) is 6.42. The van der Waals surface area contributed by atoms with Crippen molar-refractivity contribution in [3.63, 3.8) is 0 Å².